The molecule has 2 saturated heterocycles. The van der Waals surface area contributed by atoms with Crippen LogP contribution in [0.1, 0.15) is 255 Å². The maximum atomic E-state index is 15.4. The van der Waals surface area contributed by atoms with Crippen LogP contribution in [0.5, 0.6) is 0 Å². The molecule has 6 rings (SSSR count). The molecule has 44 nitrogen and oxygen atoms in total. The van der Waals surface area contributed by atoms with E-state index in [0.29, 0.717) is 34.9 Å². The van der Waals surface area contributed by atoms with E-state index in [1.54, 1.807) is 67.7 Å². The largest absolute Gasteiger partial charge is 0.481 e. The number of sulfone groups is 1. The van der Waals surface area contributed by atoms with Gasteiger partial charge in [0, 0.05) is 107 Å². The number of hydrogen-bond donors (Lipinski definition) is 22. The molecule has 0 saturated carbocycles. The highest BCUT2D eigenvalue weighted by Crippen LogP contribution is 2.25. The monoisotopic (exact) mass is 1970 g/mol. The second-order valence-electron chi connectivity index (χ2n) is 35.6. The molecule has 45 heteroatoms. The van der Waals surface area contributed by atoms with Gasteiger partial charge in [-0.3, -0.25) is 91.7 Å². The van der Waals surface area contributed by atoms with Crippen LogP contribution in [0.4, 0.5) is 0 Å². The van der Waals surface area contributed by atoms with Crippen molar-refractivity contribution < 1.29 is 115 Å². The number of guanidine groups is 1. The summed E-state index contributed by atoms with van der Waals surface area (Å²) in [5.74, 6) is -20.4. The number of Topliss-reactive ketones (excluding diaryl/α,β-unsaturated/α-hetero) is 2. The van der Waals surface area contributed by atoms with Gasteiger partial charge in [0.25, 0.3) is 0 Å². The molecular weight excluding hydrogens is 1830 g/mol. The molecule has 2 aromatic heterocycles. The Hall–Kier alpha value is -12.8. The van der Waals surface area contributed by atoms with Gasteiger partial charge in [0.05, 0.1) is 30.5 Å². The Morgan fingerprint density at radius 3 is 1.68 bits per heavy atom. The fraction of sp³-hybridized carbons (Fsp3) is 0.617. The summed E-state index contributed by atoms with van der Waals surface area (Å²) >= 11 is 0. The number of nitrogens with two attached hydrogens (primary N) is 3. The van der Waals surface area contributed by atoms with Crippen LogP contribution in [0.25, 0.3) is 10.9 Å². The van der Waals surface area contributed by atoms with Crippen molar-refractivity contribution in [3.63, 3.8) is 0 Å². The molecule has 2 aromatic carbocycles. The maximum absolute atomic E-state index is 15.4. The first-order valence-electron chi connectivity index (χ1n) is 48.2. The lowest BCUT2D eigenvalue weighted by Gasteiger charge is -2.31. The van der Waals surface area contributed by atoms with E-state index in [-0.39, 0.29) is 95.7 Å². The molecule has 0 radical (unpaired) electrons. The minimum atomic E-state index is -4.00. The Bertz CT molecular complexity index is 4870. The highest BCUT2D eigenvalue weighted by molar-refractivity contribution is 7.92. The third-order valence-corrected chi connectivity index (χ3v) is 25.8. The van der Waals surface area contributed by atoms with Crippen LogP contribution in [0.3, 0.4) is 0 Å². The van der Waals surface area contributed by atoms with E-state index >= 15 is 19.2 Å². The fourth-order valence-electron chi connectivity index (χ4n) is 16.4. The average molecular weight is 1970 g/mol. The average Bonchev–Trinajstić information content (AvgIpc) is 1.67. The second kappa shape index (κ2) is 61.5. The summed E-state index contributed by atoms with van der Waals surface area (Å²) < 4.78 is 26.0. The number of aliphatic carboxylic acids is 2. The van der Waals surface area contributed by atoms with Crippen molar-refractivity contribution in [2.45, 2.75) is 336 Å². The Kier molecular flexibility index (Phi) is 50.8. The minimum Gasteiger partial charge on any atom is -0.481 e. The number of nitrogens with zero attached hydrogens (tertiary/aromatic N) is 2. The molecule has 0 spiro atoms. The predicted octanol–water partition coefficient (Wildman–Crippen LogP) is 0.698. The molecule has 2 fully saturated rings. The fourth-order valence-corrected chi connectivity index (χ4v) is 17.8. The minimum absolute atomic E-state index is 0.0260. The number of aromatic amines is 2. The Balaban J connectivity index is 1.20. The van der Waals surface area contributed by atoms with Crippen molar-refractivity contribution in [3.8, 4) is 0 Å². The standard InChI is InChI=1S/C94H142N20O24S/c1-3-5-7-8-9-10-11-12-13-14-15-16-21-31-62(117)56-139(137,138)47-27-37-79(120)103-69(41-44-80(121)122)85(128)108-71(42-45-81(123)124)86(129)107-70(40-43-78(95)119)87(130)111-75(50-60-53-99-57-102-60)90(133)113-76(55-115)91(134)106-67(33-6-4-2)83(126)109-72-39-38-61(116)30-22-18-23-35-66(82(96)125)104-89(132)74(49-59-52-101-65-34-25-24-32-64(59)65)110-84(127)68(36-26-46-100-94(97)98)105-88(131)73(48-58-28-19-17-20-29-58)112-92(135)77-51-63(118)54-114(77)93(72)136/h17,19-20,24-25,28-29,32,34,52-53,57,63,66-77,101,115,118H,3-16,18,21-23,26-27,30-31,33,35-51,54-56H2,1-2H3,(H2,95,119)(H2,96,125)(H,99,102)(H,103,120)(H,104,132)(H,105,131)(H,106,134)(H,107,129)(H,108,128)(H,109,126)(H,110,127)(H,111,130)(H,112,135)(H,113,133)(H,121,122)(H,123,124)(H4,97,98,100)/t63-,66+,67+,68+,69+,70+,71+,72+,73-,74+,75+,76+,77+/m1/s1. The van der Waals surface area contributed by atoms with Crippen molar-refractivity contribution in [2.24, 2.45) is 17.2 Å². The van der Waals surface area contributed by atoms with E-state index in [4.69, 9.17) is 22.6 Å². The normalized spacial score (nSPS) is 19.0. The van der Waals surface area contributed by atoms with Gasteiger partial charge in [0.2, 0.25) is 82.7 Å². The number of imidazole rings is 1. The molecule has 4 heterocycles. The summed E-state index contributed by atoms with van der Waals surface area (Å²) in [5, 5.41) is 80.5. The molecule has 25 N–H and O–H groups in total. The van der Waals surface area contributed by atoms with E-state index in [1.807, 2.05) is 0 Å². The van der Waals surface area contributed by atoms with Crippen molar-refractivity contribution in [3.05, 3.63) is 90.1 Å². The number of para-hydroxylation sites is 1. The molecule has 13 atom stereocenters. The van der Waals surface area contributed by atoms with Crippen molar-refractivity contribution in [1.29, 1.82) is 5.41 Å². The first-order valence-corrected chi connectivity index (χ1v) is 50.0. The summed E-state index contributed by atoms with van der Waals surface area (Å²) in [5.41, 5.74) is 18.9. The predicted molar refractivity (Wildman–Crippen MR) is 509 cm³/mol. The second-order valence-corrected chi connectivity index (χ2v) is 37.8. The number of fused-ring (bicyclic) bond motifs is 2. The number of carboxylic acids is 2. The van der Waals surface area contributed by atoms with Gasteiger partial charge in [-0.1, -0.05) is 165 Å². The van der Waals surface area contributed by atoms with Gasteiger partial charge in [-0.05, 0) is 87.8 Å². The van der Waals surface area contributed by atoms with Crippen LogP contribution in [0, 0.1) is 5.41 Å². The number of unbranched alkanes of at least 4 members (excludes halogenated alkanes) is 13. The van der Waals surface area contributed by atoms with Gasteiger partial charge >= 0.3 is 11.9 Å². The van der Waals surface area contributed by atoms with Gasteiger partial charge < -0.3 is 116 Å². The number of amides is 14. The van der Waals surface area contributed by atoms with Gasteiger partial charge in [-0.25, -0.2) is 13.4 Å². The number of hydrogen-bond acceptors (Lipinski definition) is 24. The molecule has 0 unspecified atom stereocenters. The van der Waals surface area contributed by atoms with Crippen LogP contribution in [0.15, 0.2) is 73.3 Å². The van der Waals surface area contributed by atoms with Crippen molar-refractivity contribution in [2.75, 3.05) is 31.2 Å². The molecule has 14 amide bonds. The summed E-state index contributed by atoms with van der Waals surface area (Å²) in [6.07, 6.45) is 10.4. The van der Waals surface area contributed by atoms with Gasteiger partial charge in [0.15, 0.2) is 15.8 Å². The zero-order valence-electron chi connectivity index (χ0n) is 79.3. The summed E-state index contributed by atoms with van der Waals surface area (Å²) in [6, 6.07) is -4.60. The van der Waals surface area contributed by atoms with E-state index in [0.717, 1.165) is 37.0 Å². The summed E-state index contributed by atoms with van der Waals surface area (Å²) in [7, 11) is -4.00. The Labute approximate surface area is 808 Å². The number of ketones is 2. The third kappa shape index (κ3) is 43.0. The molecule has 2 aliphatic heterocycles. The molecule has 768 valence electrons. The van der Waals surface area contributed by atoms with Gasteiger partial charge in [-0.2, -0.15) is 0 Å². The highest BCUT2D eigenvalue weighted by Gasteiger charge is 2.45. The Morgan fingerprint density at radius 1 is 0.547 bits per heavy atom. The topological polar surface area (TPSA) is 716 Å². The molecule has 4 aromatic rings. The summed E-state index contributed by atoms with van der Waals surface area (Å²) in [6.45, 7) is 2.21. The third-order valence-electron chi connectivity index (χ3n) is 24.2. The number of H-pyrrole nitrogens is 2. The number of rotatable bonds is 57. The maximum Gasteiger partial charge on any atom is 0.303 e. The quantitative estimate of drug-likeness (QED) is 0.0164. The van der Waals surface area contributed by atoms with E-state index in [2.05, 4.69) is 85.7 Å². The lowest BCUT2D eigenvalue weighted by molar-refractivity contribution is -0.143. The number of aliphatic hydroxyl groups excluding tert-OH is 2. The molecule has 139 heavy (non-hydrogen) atoms. The first kappa shape index (κ1) is 115. The molecule has 2 aliphatic rings. The van der Waals surface area contributed by atoms with Crippen molar-refractivity contribution >= 4 is 133 Å². The Morgan fingerprint density at radius 2 is 1.09 bits per heavy atom. The number of nitrogens with one attached hydrogen (secondary N) is 15. The number of carbonyl (C=O) groups excluding carboxylic acids is 16. The number of primary amides is 2. The zero-order chi connectivity index (χ0) is 102. The SMILES string of the molecule is CCCCCCCCCCCCCCCC(=O)CS(=O)(=O)CCCC(=O)N[C@@H](CCC(=O)O)C(=O)N[C@@H](CCC(=O)O)C(=O)N[C@@H](CCC(N)=O)C(=O)N[C@@H](Cc1c[nH]cn1)C(=O)N[C@@H](CO)C(=O)N[C@@H](CCCC)C(=O)N[C@H]1CCC(=O)CCCCC[C@@H](C(N)=O)NC(=O)[C@H](Cc2c[nH]c3ccccc23)NC(=O)[C@H](CCCNC(=N)N)NC(=O)[C@@H](Cc2ccccc2)NC(=O)[C@@H]2C[C@@H](O)CN2C1=O. The first-order chi connectivity index (χ1) is 66.4. The highest BCUT2D eigenvalue weighted by atomic mass is 32.2. The summed E-state index contributed by atoms with van der Waals surface area (Å²) in [4.78, 5) is 263. The van der Waals surface area contributed by atoms with Crippen LogP contribution in [0.2, 0.25) is 0 Å². The van der Waals surface area contributed by atoms with Gasteiger partial charge in [0.1, 0.15) is 89.8 Å². The van der Waals surface area contributed by atoms with Crippen molar-refractivity contribution in [1.82, 2.24) is 83.7 Å². The number of aliphatic hydroxyl groups is 2. The smallest absolute Gasteiger partial charge is 0.303 e. The molecular formula is C94H142N20O24S. The van der Waals surface area contributed by atoms with Gasteiger partial charge in [-0.15, -0.1) is 0 Å². The number of carboxylic acid groups (broad SMARTS) is 2. The van der Waals surface area contributed by atoms with E-state index < -0.39 is 296 Å². The van der Waals surface area contributed by atoms with Crippen LogP contribution >= 0.6 is 0 Å². The molecule has 0 bridgehead atoms. The van der Waals surface area contributed by atoms with Crippen LogP contribution < -0.4 is 81.0 Å². The van der Waals surface area contributed by atoms with E-state index in [9.17, 15) is 96.0 Å². The van der Waals surface area contributed by atoms with Crippen LogP contribution in [-0.2, 0) is 115 Å². The number of aromatic nitrogens is 3. The number of carbonyl (C=O) groups is 18. The lowest BCUT2D eigenvalue weighted by Crippen LogP contribution is -2.61. The molecule has 0 aliphatic carbocycles. The van der Waals surface area contributed by atoms with E-state index in [1.165, 1.54) is 57.5 Å². The number of benzene rings is 2. The van der Waals surface area contributed by atoms with Crippen LogP contribution in [-0.4, -0.2) is 271 Å². The lowest BCUT2D eigenvalue weighted by atomic mass is 10.00. The zero-order valence-corrected chi connectivity index (χ0v) is 80.1.